The van der Waals surface area contributed by atoms with E-state index >= 15 is 0 Å². The fourth-order valence-corrected chi connectivity index (χ4v) is 2.18. The first-order valence-corrected chi connectivity index (χ1v) is 6.23. The van der Waals surface area contributed by atoms with Gasteiger partial charge in [-0.2, -0.15) is 0 Å². The van der Waals surface area contributed by atoms with Gasteiger partial charge in [-0.05, 0) is 24.6 Å². The molecule has 2 rings (SSSR count). The number of nitrogens with one attached hydrogen (secondary N) is 1. The van der Waals surface area contributed by atoms with Gasteiger partial charge in [0.1, 0.15) is 5.75 Å². The molecular formula is C13H19N3O2. The number of hydrogen-bond acceptors (Lipinski definition) is 3. The number of carbonyl (C=O) groups is 1. The van der Waals surface area contributed by atoms with Gasteiger partial charge in [-0.25, -0.2) is 4.79 Å². The Bertz CT molecular complexity index is 405. The molecule has 3 N–H and O–H groups in total. The smallest absolute Gasteiger partial charge is 0.318 e. The van der Waals surface area contributed by atoms with E-state index in [9.17, 15) is 4.79 Å². The first kappa shape index (κ1) is 12.7. The molecule has 0 radical (unpaired) electrons. The molecule has 1 aliphatic rings. The lowest BCUT2D eigenvalue weighted by molar-refractivity contribution is 0.206. The molecule has 0 bridgehead atoms. The minimum atomic E-state index is -0.0423. The third kappa shape index (κ3) is 2.56. The SMILES string of the molecule is CCOc1ccc(C2CNC(=O)N2CCN)cc1. The second kappa shape index (κ2) is 5.73. The summed E-state index contributed by atoms with van der Waals surface area (Å²) in [5.74, 6) is 0.851. The second-order valence-electron chi connectivity index (χ2n) is 4.19. The fourth-order valence-electron chi connectivity index (χ4n) is 2.18. The topological polar surface area (TPSA) is 67.6 Å². The van der Waals surface area contributed by atoms with Crippen molar-refractivity contribution in [1.29, 1.82) is 0 Å². The zero-order valence-electron chi connectivity index (χ0n) is 10.6. The number of nitrogens with two attached hydrogens (primary N) is 1. The summed E-state index contributed by atoms with van der Waals surface area (Å²) in [6, 6.07) is 7.89. The molecular weight excluding hydrogens is 230 g/mol. The van der Waals surface area contributed by atoms with E-state index in [-0.39, 0.29) is 12.1 Å². The normalized spacial score (nSPS) is 18.9. The second-order valence-corrected chi connectivity index (χ2v) is 4.19. The third-order valence-electron chi connectivity index (χ3n) is 3.03. The van der Waals surface area contributed by atoms with Crippen molar-refractivity contribution in [3.8, 4) is 5.75 Å². The summed E-state index contributed by atoms with van der Waals surface area (Å²) in [4.78, 5) is 13.4. The molecule has 5 heteroatoms. The van der Waals surface area contributed by atoms with Gasteiger partial charge in [0.2, 0.25) is 0 Å². The van der Waals surface area contributed by atoms with Gasteiger partial charge in [0.15, 0.2) is 0 Å². The average Bonchev–Trinajstić information content (AvgIpc) is 2.73. The number of benzene rings is 1. The summed E-state index contributed by atoms with van der Waals surface area (Å²) >= 11 is 0. The molecule has 1 unspecified atom stereocenters. The molecule has 1 heterocycles. The molecule has 1 atom stereocenters. The van der Waals surface area contributed by atoms with E-state index in [1.165, 1.54) is 0 Å². The van der Waals surface area contributed by atoms with Crippen molar-refractivity contribution in [2.45, 2.75) is 13.0 Å². The van der Waals surface area contributed by atoms with Crippen LogP contribution in [0.2, 0.25) is 0 Å². The van der Waals surface area contributed by atoms with Crippen molar-refractivity contribution in [3.63, 3.8) is 0 Å². The molecule has 0 spiro atoms. The highest BCUT2D eigenvalue weighted by atomic mass is 16.5. The summed E-state index contributed by atoms with van der Waals surface area (Å²) in [5, 5.41) is 2.84. The number of amides is 2. The van der Waals surface area contributed by atoms with Gasteiger partial charge in [0.05, 0.1) is 12.6 Å². The zero-order chi connectivity index (χ0) is 13.0. The molecule has 5 nitrogen and oxygen atoms in total. The van der Waals surface area contributed by atoms with Crippen LogP contribution < -0.4 is 15.8 Å². The Balaban J connectivity index is 2.12. The lowest BCUT2D eigenvalue weighted by Crippen LogP contribution is -2.34. The molecule has 1 fully saturated rings. The lowest BCUT2D eigenvalue weighted by atomic mass is 10.1. The summed E-state index contributed by atoms with van der Waals surface area (Å²) in [6.45, 7) is 4.29. The summed E-state index contributed by atoms with van der Waals surface area (Å²) in [6.07, 6.45) is 0. The summed E-state index contributed by atoms with van der Waals surface area (Å²) in [7, 11) is 0. The van der Waals surface area contributed by atoms with E-state index in [1.54, 1.807) is 4.90 Å². The van der Waals surface area contributed by atoms with Crippen LogP contribution in [-0.2, 0) is 0 Å². The highest BCUT2D eigenvalue weighted by molar-refractivity contribution is 5.77. The molecule has 1 aromatic rings. The van der Waals surface area contributed by atoms with Gasteiger partial charge in [-0.15, -0.1) is 0 Å². The van der Waals surface area contributed by atoms with Gasteiger partial charge in [-0.3, -0.25) is 0 Å². The Morgan fingerprint density at radius 1 is 1.44 bits per heavy atom. The van der Waals surface area contributed by atoms with Crippen molar-refractivity contribution in [3.05, 3.63) is 29.8 Å². The Morgan fingerprint density at radius 2 is 2.17 bits per heavy atom. The van der Waals surface area contributed by atoms with Crippen LogP contribution in [0.1, 0.15) is 18.5 Å². The van der Waals surface area contributed by atoms with Crippen LogP contribution in [0.15, 0.2) is 24.3 Å². The fraction of sp³-hybridized carbons (Fsp3) is 0.462. The molecule has 1 saturated heterocycles. The minimum Gasteiger partial charge on any atom is -0.494 e. The summed E-state index contributed by atoms with van der Waals surface area (Å²) < 4.78 is 5.40. The molecule has 98 valence electrons. The number of carbonyl (C=O) groups excluding carboxylic acids is 1. The largest absolute Gasteiger partial charge is 0.494 e. The Morgan fingerprint density at radius 3 is 2.78 bits per heavy atom. The van der Waals surface area contributed by atoms with E-state index in [1.807, 2.05) is 31.2 Å². The Labute approximate surface area is 107 Å². The Kier molecular flexibility index (Phi) is 4.04. The highest BCUT2D eigenvalue weighted by Crippen LogP contribution is 2.25. The van der Waals surface area contributed by atoms with E-state index in [4.69, 9.17) is 10.5 Å². The maximum absolute atomic E-state index is 11.7. The highest BCUT2D eigenvalue weighted by Gasteiger charge is 2.30. The molecule has 0 saturated carbocycles. The predicted octanol–water partition coefficient (Wildman–Crippen LogP) is 1.11. The number of ether oxygens (including phenoxy) is 1. The molecule has 1 aliphatic heterocycles. The first-order chi connectivity index (χ1) is 8.76. The first-order valence-electron chi connectivity index (χ1n) is 6.23. The van der Waals surface area contributed by atoms with Crippen molar-refractivity contribution < 1.29 is 9.53 Å². The van der Waals surface area contributed by atoms with Crippen LogP contribution in [0, 0.1) is 0 Å². The molecule has 0 aromatic heterocycles. The number of urea groups is 1. The van der Waals surface area contributed by atoms with Crippen LogP contribution in [0.5, 0.6) is 5.75 Å². The van der Waals surface area contributed by atoms with Crippen LogP contribution in [0.3, 0.4) is 0 Å². The molecule has 18 heavy (non-hydrogen) atoms. The van der Waals surface area contributed by atoms with Crippen LogP contribution >= 0.6 is 0 Å². The van der Waals surface area contributed by atoms with Crippen molar-refractivity contribution in [2.75, 3.05) is 26.2 Å². The summed E-state index contributed by atoms with van der Waals surface area (Å²) in [5.41, 5.74) is 6.63. The number of hydrogen-bond donors (Lipinski definition) is 2. The number of rotatable bonds is 5. The molecule has 2 amide bonds. The van der Waals surface area contributed by atoms with Crippen LogP contribution in [0.4, 0.5) is 4.79 Å². The van der Waals surface area contributed by atoms with Gasteiger partial charge in [0.25, 0.3) is 0 Å². The van der Waals surface area contributed by atoms with Crippen molar-refractivity contribution >= 4 is 6.03 Å². The van der Waals surface area contributed by atoms with Crippen molar-refractivity contribution in [1.82, 2.24) is 10.2 Å². The van der Waals surface area contributed by atoms with Gasteiger partial charge >= 0.3 is 6.03 Å². The van der Waals surface area contributed by atoms with Crippen molar-refractivity contribution in [2.24, 2.45) is 5.73 Å². The monoisotopic (exact) mass is 249 g/mol. The Hall–Kier alpha value is -1.75. The lowest BCUT2D eigenvalue weighted by Gasteiger charge is -2.22. The van der Waals surface area contributed by atoms with E-state index < -0.39 is 0 Å². The average molecular weight is 249 g/mol. The molecule has 0 aliphatic carbocycles. The zero-order valence-corrected chi connectivity index (χ0v) is 10.6. The third-order valence-corrected chi connectivity index (χ3v) is 3.03. The van der Waals surface area contributed by atoms with Gasteiger partial charge < -0.3 is 20.7 Å². The molecule has 1 aromatic carbocycles. The van der Waals surface area contributed by atoms with Crippen LogP contribution in [0.25, 0.3) is 0 Å². The van der Waals surface area contributed by atoms with E-state index in [0.29, 0.717) is 26.2 Å². The van der Waals surface area contributed by atoms with Gasteiger partial charge in [0, 0.05) is 19.6 Å². The predicted molar refractivity (Wildman–Crippen MR) is 69.5 cm³/mol. The standard InChI is InChI=1S/C13H19N3O2/c1-2-18-11-5-3-10(4-6-11)12-9-15-13(17)16(12)8-7-14/h3-6,12H,2,7-9,14H2,1H3,(H,15,17). The maximum atomic E-state index is 11.7. The van der Waals surface area contributed by atoms with Gasteiger partial charge in [-0.1, -0.05) is 12.1 Å². The quantitative estimate of drug-likeness (QED) is 0.821. The van der Waals surface area contributed by atoms with E-state index in [0.717, 1.165) is 11.3 Å². The van der Waals surface area contributed by atoms with Crippen LogP contribution in [-0.4, -0.2) is 37.2 Å². The number of nitrogens with zero attached hydrogens (tertiary/aromatic N) is 1. The maximum Gasteiger partial charge on any atom is 0.318 e. The minimum absolute atomic E-state index is 0.0423. The van der Waals surface area contributed by atoms with E-state index in [2.05, 4.69) is 5.32 Å².